The second kappa shape index (κ2) is 7.98. The predicted octanol–water partition coefficient (Wildman–Crippen LogP) is 2.12. The van der Waals surface area contributed by atoms with Crippen molar-refractivity contribution >= 4 is 12.4 Å². The van der Waals surface area contributed by atoms with Crippen molar-refractivity contribution in [1.29, 1.82) is 0 Å². The van der Waals surface area contributed by atoms with Crippen molar-refractivity contribution in [2.75, 3.05) is 19.6 Å². The highest BCUT2D eigenvalue weighted by Gasteiger charge is 2.62. The molecule has 1 spiro atoms. The zero-order valence-electron chi connectivity index (χ0n) is 16.4. The first kappa shape index (κ1) is 19.8. The number of rotatable bonds is 4. The molecule has 0 aliphatic carbocycles. The highest BCUT2D eigenvalue weighted by atomic mass is 16.5. The van der Waals surface area contributed by atoms with Gasteiger partial charge in [0.05, 0.1) is 11.7 Å². The van der Waals surface area contributed by atoms with Gasteiger partial charge in [0.25, 0.3) is 6.47 Å². The average molecular weight is 374 g/mol. The summed E-state index contributed by atoms with van der Waals surface area (Å²) in [5.41, 5.74) is 4.12. The van der Waals surface area contributed by atoms with Gasteiger partial charge in [-0.05, 0) is 32.3 Å². The van der Waals surface area contributed by atoms with Crippen LogP contribution in [0.2, 0.25) is 0 Å². The van der Waals surface area contributed by atoms with E-state index < -0.39 is 0 Å². The number of nitrogens with zero attached hydrogens (tertiary/aromatic N) is 1. The number of ether oxygens (including phenoxy) is 1. The molecule has 1 amide bonds. The number of nitrogens with one attached hydrogen (secondary N) is 1. The van der Waals surface area contributed by atoms with E-state index in [-0.39, 0.29) is 18.0 Å². The van der Waals surface area contributed by atoms with E-state index in [1.54, 1.807) is 6.92 Å². The zero-order chi connectivity index (χ0) is 19.6. The minimum absolute atomic E-state index is 0.0483. The monoisotopic (exact) mass is 374 g/mol. The Hall–Kier alpha value is -1.92. The molecule has 0 saturated carbocycles. The Morgan fingerprint density at radius 1 is 1.37 bits per heavy atom. The van der Waals surface area contributed by atoms with Crippen LogP contribution in [0.3, 0.4) is 0 Å². The number of fused-ring (bicyclic) bond motifs is 1. The van der Waals surface area contributed by atoms with Crippen LogP contribution in [0, 0.1) is 25.7 Å². The van der Waals surface area contributed by atoms with Crippen molar-refractivity contribution in [3.05, 3.63) is 34.9 Å². The summed E-state index contributed by atoms with van der Waals surface area (Å²) in [6, 6.07) is 6.83. The fraction of sp³-hybridized carbons (Fsp3) is 0.619. The fourth-order valence-corrected chi connectivity index (χ4v) is 5.36. The number of carbonyl (C=O) groups excluding carboxylic acids is 1. The zero-order valence-corrected chi connectivity index (χ0v) is 16.4. The molecule has 2 bridgehead atoms. The van der Waals surface area contributed by atoms with Gasteiger partial charge in [0.15, 0.2) is 0 Å². The van der Waals surface area contributed by atoms with E-state index in [1.165, 1.54) is 23.1 Å². The lowest BCUT2D eigenvalue weighted by Crippen LogP contribution is -2.41. The molecule has 1 aromatic rings. The summed E-state index contributed by atoms with van der Waals surface area (Å²) < 4.78 is 6.45. The lowest BCUT2D eigenvalue weighted by molar-refractivity contribution is -0.123. The summed E-state index contributed by atoms with van der Waals surface area (Å²) in [4.78, 5) is 22.2. The van der Waals surface area contributed by atoms with Crippen LogP contribution in [0.1, 0.15) is 36.5 Å². The minimum Gasteiger partial charge on any atom is -0.483 e. The third kappa shape index (κ3) is 4.17. The van der Waals surface area contributed by atoms with Crippen LogP contribution >= 0.6 is 0 Å². The van der Waals surface area contributed by atoms with Gasteiger partial charge in [-0.15, -0.1) is 0 Å². The van der Waals surface area contributed by atoms with Gasteiger partial charge in [0, 0.05) is 44.9 Å². The van der Waals surface area contributed by atoms with Crippen molar-refractivity contribution in [2.45, 2.75) is 51.9 Å². The van der Waals surface area contributed by atoms with Crippen LogP contribution in [0.4, 0.5) is 0 Å². The molecular weight excluding hydrogens is 344 g/mol. The number of likely N-dealkylation sites (tertiary alicyclic amines) is 1. The van der Waals surface area contributed by atoms with E-state index in [0.29, 0.717) is 17.9 Å². The molecular formula is C21H30N2O4. The molecule has 6 heteroatoms. The van der Waals surface area contributed by atoms with Crippen LogP contribution in [-0.2, 0) is 20.9 Å². The van der Waals surface area contributed by atoms with Crippen molar-refractivity contribution in [3.8, 4) is 0 Å². The average Bonchev–Trinajstić information content (AvgIpc) is 3.20. The standard InChI is InChI=1S/C20H28N2O2.CH2O2/c1-13-6-14(2)8-16(7-13)10-22-11-18-17(9-21-15(3)23)19-4-5-20(18,12-22)24-19;2-1-3/h6-8,17-19H,4-5,9-12H2,1-3H3,(H,21,23);1H,(H,2,3)/t17-,18+,19+,20+;/m0./s1. The van der Waals surface area contributed by atoms with Crippen molar-refractivity contribution in [2.24, 2.45) is 11.8 Å². The Kier molecular flexibility index (Phi) is 5.86. The van der Waals surface area contributed by atoms with Gasteiger partial charge >= 0.3 is 0 Å². The lowest BCUT2D eigenvalue weighted by Gasteiger charge is -2.29. The molecule has 3 fully saturated rings. The molecule has 3 saturated heterocycles. The number of hydrogen-bond donors (Lipinski definition) is 2. The SMILES string of the molecule is CC(=O)NC[C@H]1[C@H]2CN(Cc3cc(C)cc(C)c3)C[C@]23CC[C@H]1O3.O=CO. The van der Waals surface area contributed by atoms with Crippen LogP contribution in [0.5, 0.6) is 0 Å². The van der Waals surface area contributed by atoms with E-state index in [4.69, 9.17) is 14.6 Å². The number of aryl methyl sites for hydroxylation is 2. The largest absolute Gasteiger partial charge is 0.483 e. The smallest absolute Gasteiger partial charge is 0.290 e. The summed E-state index contributed by atoms with van der Waals surface area (Å²) in [5.74, 6) is 1.11. The number of amides is 1. The molecule has 3 aliphatic rings. The first-order valence-corrected chi connectivity index (χ1v) is 9.66. The second-order valence-corrected chi connectivity index (χ2v) is 8.24. The van der Waals surface area contributed by atoms with E-state index in [0.717, 1.165) is 32.6 Å². The summed E-state index contributed by atoms with van der Waals surface area (Å²) in [5, 5.41) is 9.91. The highest BCUT2D eigenvalue weighted by Crippen LogP contribution is 2.54. The molecule has 1 aromatic carbocycles. The molecule has 6 nitrogen and oxygen atoms in total. The van der Waals surface area contributed by atoms with E-state index >= 15 is 0 Å². The van der Waals surface area contributed by atoms with Crippen molar-refractivity contribution in [3.63, 3.8) is 0 Å². The summed E-state index contributed by atoms with van der Waals surface area (Å²) in [6.45, 7) is 9.59. The number of carbonyl (C=O) groups is 2. The van der Waals surface area contributed by atoms with Gasteiger partial charge in [0.2, 0.25) is 5.91 Å². The Labute approximate surface area is 160 Å². The maximum Gasteiger partial charge on any atom is 0.290 e. The molecule has 27 heavy (non-hydrogen) atoms. The summed E-state index contributed by atoms with van der Waals surface area (Å²) in [7, 11) is 0. The van der Waals surface area contributed by atoms with E-state index in [1.807, 2.05) is 0 Å². The molecule has 3 heterocycles. The van der Waals surface area contributed by atoms with Gasteiger partial charge in [-0.2, -0.15) is 0 Å². The summed E-state index contributed by atoms with van der Waals surface area (Å²) in [6.07, 6.45) is 2.69. The third-order valence-corrected chi connectivity index (χ3v) is 6.13. The van der Waals surface area contributed by atoms with Gasteiger partial charge in [-0.1, -0.05) is 29.3 Å². The number of carboxylic acid groups (broad SMARTS) is 1. The van der Waals surface area contributed by atoms with Gasteiger partial charge < -0.3 is 15.2 Å². The van der Waals surface area contributed by atoms with Crippen LogP contribution in [0.15, 0.2) is 18.2 Å². The molecule has 4 atom stereocenters. The number of hydrogen-bond acceptors (Lipinski definition) is 4. The quantitative estimate of drug-likeness (QED) is 0.790. The third-order valence-electron chi connectivity index (χ3n) is 6.13. The topological polar surface area (TPSA) is 78.9 Å². The predicted molar refractivity (Wildman–Crippen MR) is 102 cm³/mol. The minimum atomic E-state index is -0.250. The Morgan fingerprint density at radius 3 is 2.67 bits per heavy atom. The van der Waals surface area contributed by atoms with E-state index in [9.17, 15) is 4.79 Å². The maximum atomic E-state index is 11.3. The molecule has 0 aromatic heterocycles. The van der Waals surface area contributed by atoms with Gasteiger partial charge in [-0.3, -0.25) is 14.5 Å². The summed E-state index contributed by atoms with van der Waals surface area (Å²) >= 11 is 0. The van der Waals surface area contributed by atoms with Crippen LogP contribution in [0.25, 0.3) is 0 Å². The Balaban J connectivity index is 0.000000659. The Bertz CT molecular complexity index is 687. The molecule has 3 aliphatic heterocycles. The highest BCUT2D eigenvalue weighted by molar-refractivity contribution is 5.72. The van der Waals surface area contributed by atoms with Crippen molar-refractivity contribution < 1.29 is 19.4 Å². The molecule has 148 valence electrons. The Morgan fingerprint density at radius 2 is 2.04 bits per heavy atom. The first-order valence-electron chi connectivity index (χ1n) is 9.66. The van der Waals surface area contributed by atoms with Gasteiger partial charge in [-0.25, -0.2) is 0 Å². The second-order valence-electron chi connectivity index (χ2n) is 8.24. The normalized spacial score (nSPS) is 31.1. The van der Waals surface area contributed by atoms with Crippen LogP contribution < -0.4 is 5.32 Å². The van der Waals surface area contributed by atoms with Gasteiger partial charge in [0.1, 0.15) is 0 Å². The number of benzene rings is 1. The lowest BCUT2D eigenvalue weighted by atomic mass is 9.73. The molecule has 4 rings (SSSR count). The molecule has 0 radical (unpaired) electrons. The maximum absolute atomic E-state index is 11.3. The molecule has 2 N–H and O–H groups in total. The van der Waals surface area contributed by atoms with E-state index in [2.05, 4.69) is 42.3 Å². The molecule has 0 unspecified atom stereocenters. The fourth-order valence-electron chi connectivity index (χ4n) is 5.36. The first-order chi connectivity index (χ1) is 12.9. The van der Waals surface area contributed by atoms with Crippen molar-refractivity contribution in [1.82, 2.24) is 10.2 Å². The van der Waals surface area contributed by atoms with Crippen LogP contribution in [-0.4, -0.2) is 53.7 Å².